The largest absolute Gasteiger partial charge is 0.322 e. The Kier molecular flexibility index (Phi) is 4.17. The third-order valence-electron chi connectivity index (χ3n) is 1.89. The van der Waals surface area contributed by atoms with Crippen LogP contribution in [0.2, 0.25) is 0 Å². The van der Waals surface area contributed by atoms with Gasteiger partial charge in [-0.3, -0.25) is 4.79 Å². The summed E-state index contributed by atoms with van der Waals surface area (Å²) < 4.78 is 0. The number of carbonyl (C=O) groups excluding carboxylic acids is 1. The van der Waals surface area contributed by atoms with Gasteiger partial charge in [-0.25, -0.2) is 9.97 Å². The Labute approximate surface area is 89.1 Å². The summed E-state index contributed by atoms with van der Waals surface area (Å²) in [7, 11) is 0. The molecule has 1 aromatic rings. The van der Waals surface area contributed by atoms with Gasteiger partial charge in [-0.05, 0) is 12.3 Å². The average Bonchev–Trinajstić information content (AvgIpc) is 2.18. The van der Waals surface area contributed by atoms with Crippen LogP contribution in [0.15, 0.2) is 18.7 Å². The van der Waals surface area contributed by atoms with Crippen molar-refractivity contribution in [2.24, 2.45) is 11.7 Å². The summed E-state index contributed by atoms with van der Waals surface area (Å²) in [6, 6.07) is -0.481. The second-order valence-corrected chi connectivity index (χ2v) is 3.85. The predicted octanol–water partition coefficient (Wildman–Crippen LogP) is 0.788. The van der Waals surface area contributed by atoms with Crippen molar-refractivity contribution in [3.05, 3.63) is 18.7 Å². The predicted molar refractivity (Wildman–Crippen MR) is 58.1 cm³/mol. The number of hydrogen-bond acceptors (Lipinski definition) is 4. The highest BCUT2D eigenvalue weighted by Gasteiger charge is 2.14. The van der Waals surface area contributed by atoms with Crippen LogP contribution in [0.5, 0.6) is 0 Å². The molecule has 0 radical (unpaired) electrons. The molecule has 82 valence electrons. The number of nitrogens with zero attached hydrogens (tertiary/aromatic N) is 2. The van der Waals surface area contributed by atoms with Gasteiger partial charge in [0.25, 0.3) is 0 Å². The minimum absolute atomic E-state index is 0.196. The van der Waals surface area contributed by atoms with Gasteiger partial charge in [-0.2, -0.15) is 0 Å². The maximum atomic E-state index is 11.6. The molecule has 0 saturated heterocycles. The van der Waals surface area contributed by atoms with Crippen LogP contribution in [0.3, 0.4) is 0 Å². The van der Waals surface area contributed by atoms with Crippen molar-refractivity contribution in [2.45, 2.75) is 26.3 Å². The van der Waals surface area contributed by atoms with E-state index in [4.69, 9.17) is 5.73 Å². The van der Waals surface area contributed by atoms with Gasteiger partial charge in [0.15, 0.2) is 0 Å². The normalized spacial score (nSPS) is 12.5. The van der Waals surface area contributed by atoms with E-state index in [9.17, 15) is 4.79 Å². The Morgan fingerprint density at radius 3 is 2.60 bits per heavy atom. The molecule has 5 heteroatoms. The maximum Gasteiger partial charge on any atom is 0.241 e. The second-order valence-electron chi connectivity index (χ2n) is 3.85. The molecule has 0 fully saturated rings. The fourth-order valence-electron chi connectivity index (χ4n) is 1.21. The van der Waals surface area contributed by atoms with Crippen LogP contribution in [0.4, 0.5) is 5.69 Å². The minimum Gasteiger partial charge on any atom is -0.322 e. The summed E-state index contributed by atoms with van der Waals surface area (Å²) in [6.45, 7) is 4.05. The summed E-state index contributed by atoms with van der Waals surface area (Å²) in [6.07, 6.45) is 5.14. The zero-order valence-corrected chi connectivity index (χ0v) is 8.97. The molecule has 0 aliphatic rings. The van der Waals surface area contributed by atoms with E-state index in [1.165, 1.54) is 18.7 Å². The molecule has 0 aliphatic carbocycles. The molecular formula is C10H16N4O. The van der Waals surface area contributed by atoms with Crippen LogP contribution in [0.25, 0.3) is 0 Å². The van der Waals surface area contributed by atoms with Crippen LogP contribution in [-0.4, -0.2) is 21.9 Å². The molecule has 1 aromatic heterocycles. The number of amides is 1. The summed E-state index contributed by atoms with van der Waals surface area (Å²) in [5, 5.41) is 2.66. The highest BCUT2D eigenvalue weighted by atomic mass is 16.2. The van der Waals surface area contributed by atoms with Crippen LogP contribution < -0.4 is 11.1 Å². The lowest BCUT2D eigenvalue weighted by atomic mass is 10.0. The number of hydrogen-bond donors (Lipinski definition) is 2. The van der Waals surface area contributed by atoms with Crippen LogP contribution >= 0.6 is 0 Å². The molecule has 0 bridgehead atoms. The van der Waals surface area contributed by atoms with Gasteiger partial charge in [0.2, 0.25) is 5.91 Å². The lowest BCUT2D eigenvalue weighted by Crippen LogP contribution is -2.36. The molecular weight excluding hydrogens is 192 g/mol. The number of nitrogens with one attached hydrogen (secondary N) is 1. The Morgan fingerprint density at radius 2 is 2.07 bits per heavy atom. The molecule has 0 saturated carbocycles. The Morgan fingerprint density at radius 1 is 1.47 bits per heavy atom. The topological polar surface area (TPSA) is 80.9 Å². The minimum atomic E-state index is -0.481. The molecule has 1 atom stereocenters. The van der Waals surface area contributed by atoms with Crippen LogP contribution in [0, 0.1) is 5.92 Å². The smallest absolute Gasteiger partial charge is 0.241 e. The van der Waals surface area contributed by atoms with E-state index >= 15 is 0 Å². The number of rotatable bonds is 4. The first-order valence-corrected chi connectivity index (χ1v) is 4.91. The number of aromatic nitrogens is 2. The van der Waals surface area contributed by atoms with Crippen molar-refractivity contribution >= 4 is 11.6 Å². The van der Waals surface area contributed by atoms with E-state index in [0.29, 0.717) is 18.0 Å². The molecule has 3 N–H and O–H groups in total. The first-order valence-electron chi connectivity index (χ1n) is 4.91. The SMILES string of the molecule is CC(C)C[C@H](N)C(=O)Nc1cncnc1. The van der Waals surface area contributed by atoms with E-state index < -0.39 is 6.04 Å². The lowest BCUT2D eigenvalue weighted by molar-refractivity contribution is -0.117. The Bertz CT molecular complexity index is 312. The van der Waals surface area contributed by atoms with Gasteiger partial charge in [-0.1, -0.05) is 13.8 Å². The Balaban J connectivity index is 2.49. The zero-order valence-electron chi connectivity index (χ0n) is 8.97. The van der Waals surface area contributed by atoms with Gasteiger partial charge in [0.1, 0.15) is 6.33 Å². The number of carbonyl (C=O) groups is 1. The fourth-order valence-corrected chi connectivity index (χ4v) is 1.21. The summed E-state index contributed by atoms with van der Waals surface area (Å²) in [4.78, 5) is 19.1. The highest BCUT2D eigenvalue weighted by Crippen LogP contribution is 2.06. The molecule has 5 nitrogen and oxygen atoms in total. The van der Waals surface area contributed by atoms with Crippen molar-refractivity contribution in [3.63, 3.8) is 0 Å². The van der Waals surface area contributed by atoms with E-state index in [2.05, 4.69) is 15.3 Å². The van der Waals surface area contributed by atoms with E-state index in [1.54, 1.807) is 0 Å². The monoisotopic (exact) mass is 208 g/mol. The highest BCUT2D eigenvalue weighted by molar-refractivity contribution is 5.94. The van der Waals surface area contributed by atoms with Crippen molar-refractivity contribution in [1.29, 1.82) is 0 Å². The molecule has 1 amide bonds. The van der Waals surface area contributed by atoms with E-state index in [1.807, 2.05) is 13.8 Å². The summed E-state index contributed by atoms with van der Waals surface area (Å²) in [5.41, 5.74) is 6.28. The lowest BCUT2D eigenvalue weighted by Gasteiger charge is -2.13. The standard InChI is InChI=1S/C10H16N4O/c1-7(2)3-9(11)10(15)14-8-4-12-6-13-5-8/h4-7,9H,3,11H2,1-2H3,(H,14,15)/t9-/m0/s1. The van der Waals surface area contributed by atoms with Gasteiger partial charge >= 0.3 is 0 Å². The van der Waals surface area contributed by atoms with Crippen molar-refractivity contribution in [1.82, 2.24) is 9.97 Å². The molecule has 0 aromatic carbocycles. The van der Waals surface area contributed by atoms with Crippen LogP contribution in [-0.2, 0) is 4.79 Å². The van der Waals surface area contributed by atoms with Gasteiger partial charge in [0.05, 0.1) is 24.1 Å². The van der Waals surface area contributed by atoms with Gasteiger partial charge in [-0.15, -0.1) is 0 Å². The first-order chi connectivity index (χ1) is 7.09. The summed E-state index contributed by atoms with van der Waals surface area (Å²) >= 11 is 0. The molecule has 15 heavy (non-hydrogen) atoms. The third-order valence-corrected chi connectivity index (χ3v) is 1.89. The first kappa shape index (κ1) is 11.6. The van der Waals surface area contributed by atoms with Crippen molar-refractivity contribution in [3.8, 4) is 0 Å². The van der Waals surface area contributed by atoms with Crippen LogP contribution in [0.1, 0.15) is 20.3 Å². The number of anilines is 1. The molecule has 0 aliphatic heterocycles. The van der Waals surface area contributed by atoms with E-state index in [-0.39, 0.29) is 5.91 Å². The van der Waals surface area contributed by atoms with Crippen molar-refractivity contribution < 1.29 is 4.79 Å². The molecule has 0 unspecified atom stereocenters. The number of nitrogens with two attached hydrogens (primary N) is 1. The molecule has 0 spiro atoms. The average molecular weight is 208 g/mol. The van der Waals surface area contributed by atoms with Gasteiger partial charge in [0, 0.05) is 0 Å². The zero-order chi connectivity index (χ0) is 11.3. The van der Waals surface area contributed by atoms with E-state index in [0.717, 1.165) is 0 Å². The molecule has 1 rings (SSSR count). The third kappa shape index (κ3) is 4.03. The quantitative estimate of drug-likeness (QED) is 0.766. The molecule has 1 heterocycles. The van der Waals surface area contributed by atoms with Crippen molar-refractivity contribution in [2.75, 3.05) is 5.32 Å². The second kappa shape index (κ2) is 5.41. The maximum absolute atomic E-state index is 11.6. The summed E-state index contributed by atoms with van der Waals surface area (Å²) in [5.74, 6) is 0.205. The Hall–Kier alpha value is -1.49. The fraction of sp³-hybridized carbons (Fsp3) is 0.500. The van der Waals surface area contributed by atoms with Gasteiger partial charge < -0.3 is 11.1 Å².